The number of aromatic nitrogens is 3. The molecule has 0 radical (unpaired) electrons. The Morgan fingerprint density at radius 3 is 2.71 bits per heavy atom. The van der Waals surface area contributed by atoms with Crippen LogP contribution in [0.15, 0.2) is 23.1 Å². The number of nitrogens with one attached hydrogen (secondary N) is 1. The van der Waals surface area contributed by atoms with Crippen molar-refractivity contribution in [1.29, 1.82) is 0 Å². The lowest BCUT2D eigenvalue weighted by molar-refractivity contribution is -0.182. The number of rotatable bonds is 6. The first-order chi connectivity index (χ1) is 13.1. The molecule has 1 aliphatic heterocycles. The van der Waals surface area contributed by atoms with Crippen LogP contribution in [0.2, 0.25) is 0 Å². The van der Waals surface area contributed by atoms with Gasteiger partial charge in [-0.2, -0.15) is 13.2 Å². The van der Waals surface area contributed by atoms with Crippen LogP contribution in [0.3, 0.4) is 0 Å². The zero-order valence-corrected chi connectivity index (χ0v) is 15.6. The van der Waals surface area contributed by atoms with Crippen molar-refractivity contribution in [3.63, 3.8) is 0 Å². The smallest absolute Gasteiger partial charge is 0.393 e. The molecular weight excluding hydrogens is 404 g/mol. The van der Waals surface area contributed by atoms with Crippen molar-refractivity contribution in [3.05, 3.63) is 35.7 Å². The number of halogens is 4. The van der Waals surface area contributed by atoms with Crippen molar-refractivity contribution in [1.82, 2.24) is 19.5 Å². The summed E-state index contributed by atoms with van der Waals surface area (Å²) in [7, 11) is -4.11. The number of benzene rings is 1. The van der Waals surface area contributed by atoms with Gasteiger partial charge in [-0.1, -0.05) is 0 Å². The molecule has 3 rings (SSSR count). The van der Waals surface area contributed by atoms with Crippen LogP contribution in [0.25, 0.3) is 0 Å². The molecule has 0 unspecified atom stereocenters. The summed E-state index contributed by atoms with van der Waals surface area (Å²) in [4.78, 5) is -0.333. The van der Waals surface area contributed by atoms with Gasteiger partial charge in [-0.05, 0) is 31.5 Å². The van der Waals surface area contributed by atoms with Crippen molar-refractivity contribution in [2.75, 3.05) is 6.61 Å². The number of fused-ring (bicyclic) bond motifs is 1. The highest BCUT2D eigenvalue weighted by molar-refractivity contribution is 7.89. The van der Waals surface area contributed by atoms with Gasteiger partial charge in [-0.3, -0.25) is 0 Å². The average Bonchev–Trinajstić information content (AvgIpc) is 3.03. The van der Waals surface area contributed by atoms with Gasteiger partial charge >= 0.3 is 6.18 Å². The van der Waals surface area contributed by atoms with E-state index in [-0.39, 0.29) is 49.0 Å². The van der Waals surface area contributed by atoms with E-state index < -0.39 is 27.9 Å². The van der Waals surface area contributed by atoms with Crippen molar-refractivity contribution in [2.45, 2.75) is 43.9 Å². The molecule has 28 heavy (non-hydrogen) atoms. The number of hydrogen-bond donors (Lipinski definition) is 1. The summed E-state index contributed by atoms with van der Waals surface area (Å²) in [6.45, 7) is 1.15. The Balaban J connectivity index is 1.74. The maximum absolute atomic E-state index is 13.9. The molecule has 0 fully saturated rings. The molecule has 0 aliphatic carbocycles. The number of ether oxygens (including phenoxy) is 1. The first kappa shape index (κ1) is 20.5. The summed E-state index contributed by atoms with van der Waals surface area (Å²) in [5, 5.41) is 7.62. The first-order valence-electron chi connectivity index (χ1n) is 8.51. The third-order valence-corrected chi connectivity index (χ3v) is 5.82. The standard InChI is InChI=1S/C16H18F4N4O3S/c1-2-27-13-5-4-11(7-12(13)17)28(25,26)21-8-15-23-22-14-6-3-10(9-24(14)15)16(18,19)20/h4-5,7,10,21H,2-3,6,8-9H2,1H3/t10-/m0/s1. The number of sulfonamides is 1. The predicted octanol–water partition coefficient (Wildman–Crippen LogP) is 2.42. The molecule has 154 valence electrons. The molecule has 0 saturated heterocycles. The van der Waals surface area contributed by atoms with E-state index in [4.69, 9.17) is 4.74 Å². The van der Waals surface area contributed by atoms with Gasteiger partial charge in [0.25, 0.3) is 0 Å². The van der Waals surface area contributed by atoms with Crippen molar-refractivity contribution >= 4 is 10.0 Å². The fourth-order valence-corrected chi connectivity index (χ4v) is 3.94. The zero-order chi connectivity index (χ0) is 20.5. The van der Waals surface area contributed by atoms with E-state index in [2.05, 4.69) is 14.9 Å². The van der Waals surface area contributed by atoms with Gasteiger partial charge in [0.15, 0.2) is 11.6 Å². The number of hydrogen-bond acceptors (Lipinski definition) is 5. The number of nitrogens with zero attached hydrogens (tertiary/aromatic N) is 3. The Kier molecular flexibility index (Phi) is 5.62. The van der Waals surface area contributed by atoms with Gasteiger partial charge in [0.1, 0.15) is 11.6 Å². The number of aryl methyl sites for hydroxylation is 1. The molecule has 2 aromatic rings. The van der Waals surface area contributed by atoms with Gasteiger partial charge in [0.05, 0.1) is 24.0 Å². The maximum Gasteiger partial charge on any atom is 0.393 e. The fourth-order valence-electron chi connectivity index (χ4n) is 2.95. The molecule has 1 aromatic heterocycles. The molecule has 7 nitrogen and oxygen atoms in total. The second-order valence-corrected chi connectivity index (χ2v) is 8.04. The van der Waals surface area contributed by atoms with E-state index in [0.29, 0.717) is 5.82 Å². The van der Waals surface area contributed by atoms with Crippen LogP contribution in [0, 0.1) is 11.7 Å². The molecule has 0 amide bonds. The summed E-state index contributed by atoms with van der Waals surface area (Å²) in [6.07, 6.45) is -4.33. The van der Waals surface area contributed by atoms with E-state index in [1.807, 2.05) is 0 Å². The monoisotopic (exact) mass is 422 g/mol. The molecule has 0 saturated carbocycles. The van der Waals surface area contributed by atoms with E-state index in [1.165, 1.54) is 16.7 Å². The largest absolute Gasteiger partial charge is 0.491 e. The second-order valence-electron chi connectivity index (χ2n) is 6.27. The Morgan fingerprint density at radius 2 is 2.07 bits per heavy atom. The van der Waals surface area contributed by atoms with Crippen LogP contribution in [0.4, 0.5) is 17.6 Å². The predicted molar refractivity (Wildman–Crippen MR) is 89.5 cm³/mol. The third-order valence-electron chi connectivity index (χ3n) is 4.42. The maximum atomic E-state index is 13.9. The van der Waals surface area contributed by atoms with E-state index in [1.54, 1.807) is 6.92 Å². The highest BCUT2D eigenvalue weighted by Crippen LogP contribution is 2.34. The fraction of sp³-hybridized carbons (Fsp3) is 0.500. The molecule has 1 atom stereocenters. The summed E-state index contributed by atoms with van der Waals surface area (Å²) in [6, 6.07) is 3.18. The quantitative estimate of drug-likeness (QED) is 0.723. The third kappa shape index (κ3) is 4.27. The molecule has 0 bridgehead atoms. The minimum atomic E-state index is -4.35. The summed E-state index contributed by atoms with van der Waals surface area (Å²) < 4.78 is 86.2. The van der Waals surface area contributed by atoms with Crippen LogP contribution >= 0.6 is 0 Å². The highest BCUT2D eigenvalue weighted by Gasteiger charge is 2.42. The Morgan fingerprint density at radius 1 is 1.32 bits per heavy atom. The lowest BCUT2D eigenvalue weighted by Crippen LogP contribution is -2.34. The van der Waals surface area contributed by atoms with Gasteiger partial charge in [0.2, 0.25) is 10.0 Å². The molecule has 12 heteroatoms. The summed E-state index contributed by atoms with van der Waals surface area (Å²) >= 11 is 0. The molecule has 1 aromatic carbocycles. The van der Waals surface area contributed by atoms with Crippen LogP contribution in [0.5, 0.6) is 5.75 Å². The topological polar surface area (TPSA) is 86.1 Å². The summed E-state index contributed by atoms with van der Waals surface area (Å²) in [5.74, 6) is -2.00. The lowest BCUT2D eigenvalue weighted by Gasteiger charge is -2.26. The minimum Gasteiger partial charge on any atom is -0.491 e. The van der Waals surface area contributed by atoms with Gasteiger partial charge in [-0.15, -0.1) is 10.2 Å². The second kappa shape index (κ2) is 7.66. The minimum absolute atomic E-state index is 0.0685. The Labute approximate surface area is 158 Å². The van der Waals surface area contributed by atoms with Gasteiger partial charge in [-0.25, -0.2) is 17.5 Å². The van der Waals surface area contributed by atoms with Crippen molar-refractivity contribution in [3.8, 4) is 5.75 Å². The van der Waals surface area contributed by atoms with Crippen LogP contribution < -0.4 is 9.46 Å². The van der Waals surface area contributed by atoms with E-state index in [9.17, 15) is 26.0 Å². The van der Waals surface area contributed by atoms with E-state index in [0.717, 1.165) is 6.07 Å². The number of alkyl halides is 3. The summed E-state index contributed by atoms with van der Waals surface area (Å²) in [5.41, 5.74) is 0. The van der Waals surface area contributed by atoms with Crippen LogP contribution in [0.1, 0.15) is 25.0 Å². The zero-order valence-electron chi connectivity index (χ0n) is 14.8. The van der Waals surface area contributed by atoms with Gasteiger partial charge in [0, 0.05) is 13.0 Å². The first-order valence-corrected chi connectivity index (χ1v) is 10.00. The lowest BCUT2D eigenvalue weighted by atomic mass is 9.99. The van der Waals surface area contributed by atoms with Crippen molar-refractivity contribution in [2.24, 2.45) is 5.92 Å². The molecule has 0 spiro atoms. The molecular formula is C16H18F4N4O3S. The molecule has 1 N–H and O–H groups in total. The van der Waals surface area contributed by atoms with Crippen LogP contribution in [-0.4, -0.2) is 36.0 Å². The van der Waals surface area contributed by atoms with Crippen LogP contribution in [-0.2, 0) is 29.5 Å². The molecule has 2 heterocycles. The van der Waals surface area contributed by atoms with Crippen molar-refractivity contribution < 1.29 is 30.7 Å². The SMILES string of the molecule is CCOc1ccc(S(=O)(=O)NCc2nnc3n2C[C@@H](C(F)(F)F)CC3)cc1F. The Hall–Kier alpha value is -2.21. The highest BCUT2D eigenvalue weighted by atomic mass is 32.2. The van der Waals surface area contributed by atoms with E-state index >= 15 is 0 Å². The Bertz CT molecular complexity index is 959. The van der Waals surface area contributed by atoms with Gasteiger partial charge < -0.3 is 9.30 Å². The molecule has 1 aliphatic rings. The average molecular weight is 422 g/mol. The normalized spacial score (nSPS) is 17.4.